The zero-order chi connectivity index (χ0) is 34.4. The molecule has 0 aliphatic carbocycles. The molecule has 0 saturated carbocycles. The van der Waals surface area contributed by atoms with E-state index < -0.39 is 17.6 Å². The van der Waals surface area contributed by atoms with Gasteiger partial charge in [-0.15, -0.1) is 0 Å². The molecule has 0 bridgehead atoms. The molecule has 0 aliphatic heterocycles. The Morgan fingerprint density at radius 1 is 0.468 bits per heavy atom. The van der Waals surface area contributed by atoms with Crippen LogP contribution >= 0.6 is 70.7 Å². The number of benzene rings is 2. The topological polar surface area (TPSA) is 55.4 Å². The second kappa shape index (κ2) is 25.9. The van der Waals surface area contributed by atoms with E-state index in [1.807, 2.05) is 112 Å². The minimum absolute atomic E-state index is 0.616. The van der Waals surface area contributed by atoms with Gasteiger partial charge in [0.15, 0.2) is 0 Å². The summed E-state index contributed by atoms with van der Waals surface area (Å²) in [4.78, 5) is 2.73. The maximum Gasteiger partial charge on any atom is 0.500 e. The van der Waals surface area contributed by atoms with E-state index in [1.165, 1.54) is 32.0 Å². The largest absolute Gasteiger partial charge is 0.500 e. The van der Waals surface area contributed by atoms with Crippen molar-refractivity contribution >= 4 is 88.3 Å². The summed E-state index contributed by atoms with van der Waals surface area (Å²) in [6.07, 6.45) is 3.93. The number of hydrogen-bond donors (Lipinski definition) is 0. The van der Waals surface area contributed by atoms with Gasteiger partial charge in [0.25, 0.3) is 0 Å². The third kappa shape index (κ3) is 16.1. The first kappa shape index (κ1) is 44.2. The highest BCUT2D eigenvalue weighted by Crippen LogP contribution is 2.58. The molecule has 0 amide bonds. The summed E-state index contributed by atoms with van der Waals surface area (Å²) in [5, 5.41) is 0. The van der Waals surface area contributed by atoms with E-state index in [9.17, 15) is 0 Å². The van der Waals surface area contributed by atoms with Crippen molar-refractivity contribution in [2.45, 2.75) is 103 Å². The van der Waals surface area contributed by atoms with Crippen molar-refractivity contribution in [1.29, 1.82) is 0 Å². The third-order valence-corrected chi connectivity index (χ3v) is 26.4. The normalized spacial score (nSPS) is 12.3. The van der Waals surface area contributed by atoms with E-state index in [1.54, 1.807) is 0 Å². The lowest BCUT2D eigenvalue weighted by Gasteiger charge is -2.28. The molecule has 2 aromatic carbocycles. The minimum Gasteiger partial charge on any atom is -0.374 e. The van der Waals surface area contributed by atoms with Crippen molar-refractivity contribution in [3.8, 4) is 0 Å². The lowest BCUT2D eigenvalue weighted by atomic mass is 10.1. The summed E-state index contributed by atoms with van der Waals surface area (Å²) in [7, 11) is 7.61. The molecule has 0 fully saturated rings. The van der Waals surface area contributed by atoms with Crippen LogP contribution in [0, 0.1) is 13.8 Å². The fraction of sp³-hybridized carbons (Fsp3) is 0.625. The first-order valence-corrected chi connectivity index (χ1v) is 29.2. The van der Waals surface area contributed by atoms with Crippen LogP contribution in [0.5, 0.6) is 0 Å². The van der Waals surface area contributed by atoms with E-state index >= 15 is 0 Å². The van der Waals surface area contributed by atoms with Gasteiger partial charge in [0, 0.05) is 61.5 Å². The van der Waals surface area contributed by atoms with Crippen molar-refractivity contribution in [3.05, 3.63) is 58.7 Å². The van der Waals surface area contributed by atoms with Crippen LogP contribution in [0.1, 0.15) is 76.6 Å². The molecule has 0 aromatic heterocycles. The van der Waals surface area contributed by atoms with Crippen LogP contribution in [0.2, 0.25) is 12.1 Å². The van der Waals surface area contributed by atoms with Crippen LogP contribution in [0.15, 0.2) is 46.2 Å². The van der Waals surface area contributed by atoms with Crippen molar-refractivity contribution in [1.82, 2.24) is 0 Å². The fourth-order valence-corrected chi connectivity index (χ4v) is 25.0. The second-order valence-electron chi connectivity index (χ2n) is 10.3. The Bertz CT molecular complexity index is 1020. The zero-order valence-electron chi connectivity index (χ0n) is 29.3. The molecule has 0 atom stereocenters. The van der Waals surface area contributed by atoms with Gasteiger partial charge in [0.1, 0.15) is 0 Å². The first-order valence-electron chi connectivity index (χ1n) is 16.5. The zero-order valence-corrected chi connectivity index (χ0v) is 37.0. The van der Waals surface area contributed by atoms with Crippen LogP contribution < -0.4 is 0 Å². The Morgan fingerprint density at radius 3 is 1.11 bits per heavy atom. The number of rotatable bonds is 28. The molecule has 0 unspecified atom stereocenters. The monoisotopic (exact) mass is 814 g/mol. The fourth-order valence-electron chi connectivity index (χ4n) is 5.18. The molecule has 0 radical (unpaired) electrons. The van der Waals surface area contributed by atoms with E-state index in [4.69, 9.17) is 26.6 Å². The van der Waals surface area contributed by atoms with Gasteiger partial charge in [-0.2, -0.15) is 0 Å². The summed E-state index contributed by atoms with van der Waals surface area (Å²) < 4.78 is 36.4. The molecule has 0 heterocycles. The van der Waals surface area contributed by atoms with E-state index in [0.717, 1.165) is 37.8 Å². The minimum atomic E-state index is -2.62. The molecule has 0 spiro atoms. The first-order chi connectivity index (χ1) is 22.8. The molecule has 2 aromatic rings. The van der Waals surface area contributed by atoms with Gasteiger partial charge in [0.05, 0.1) is 0 Å². The van der Waals surface area contributed by atoms with Gasteiger partial charge in [-0.05, 0) is 174 Å². The van der Waals surface area contributed by atoms with Gasteiger partial charge in [0.2, 0.25) is 0 Å². The Morgan fingerprint density at radius 2 is 0.787 bits per heavy atom. The van der Waals surface area contributed by atoms with Crippen LogP contribution in [0.3, 0.4) is 0 Å². The molecular weight excluding hydrogens is 761 g/mol. The van der Waals surface area contributed by atoms with E-state index in [0.29, 0.717) is 39.6 Å². The van der Waals surface area contributed by atoms with Gasteiger partial charge in [-0.1, -0.05) is 36.4 Å². The van der Waals surface area contributed by atoms with Gasteiger partial charge in [-0.3, -0.25) is 0 Å². The number of hydrogen-bond acceptors (Lipinski definition) is 13. The molecule has 0 aliphatic rings. The van der Waals surface area contributed by atoms with Crippen molar-refractivity contribution in [3.63, 3.8) is 0 Å². The Balaban J connectivity index is 1.84. The van der Waals surface area contributed by atoms with Crippen LogP contribution in [0.4, 0.5) is 0 Å². The van der Waals surface area contributed by atoms with Crippen LogP contribution in [-0.2, 0) is 39.4 Å². The summed E-state index contributed by atoms with van der Waals surface area (Å²) in [5.74, 6) is 0. The van der Waals surface area contributed by atoms with E-state index in [-0.39, 0.29) is 0 Å². The summed E-state index contributed by atoms with van der Waals surface area (Å²) in [6, 6.07) is 14.9. The summed E-state index contributed by atoms with van der Waals surface area (Å²) in [5.41, 5.74) is 5.41. The predicted molar refractivity (Wildman–Crippen MR) is 220 cm³/mol. The van der Waals surface area contributed by atoms with Gasteiger partial charge in [-0.25, -0.2) is 0 Å². The lowest BCUT2D eigenvalue weighted by Crippen LogP contribution is -2.46. The smallest absolute Gasteiger partial charge is 0.374 e. The average molecular weight is 815 g/mol. The number of aryl methyl sites for hydroxylation is 4. The standard InChI is InChI=1S/C32H54O6S7Si2/c1-9-33-46(34-10-2,35-11-3)25-17-23-29-21-15-19-27(7)31(29)39-41-43-45-44-42-40-32-28(8)20-16-22-30(32)24-18-26-47(36-12-4,37-13-5)38-14-6/h15-16,19-22H,9-14,17-18,23-26H2,1-8H3. The quantitative estimate of drug-likeness (QED) is 0.0466. The van der Waals surface area contributed by atoms with Gasteiger partial charge < -0.3 is 26.6 Å². The molecule has 0 N–H and O–H groups in total. The molecular formula is C32H54O6S7Si2. The van der Waals surface area contributed by atoms with Gasteiger partial charge >= 0.3 is 17.6 Å². The lowest BCUT2D eigenvalue weighted by molar-refractivity contribution is 0.0700. The SMILES string of the molecule is CCO[Si](CCCc1cccc(C)c1SSSSSSSc1c(C)cccc1CCC[Si](OCC)(OCC)OCC)(OCC)OCC. The Hall–Kier alpha value is 1.08. The predicted octanol–water partition coefficient (Wildman–Crippen LogP) is 12.3. The molecule has 0 saturated heterocycles. The second-order valence-corrected chi connectivity index (χ2v) is 26.8. The van der Waals surface area contributed by atoms with Crippen molar-refractivity contribution in [2.75, 3.05) is 39.6 Å². The highest BCUT2D eigenvalue weighted by molar-refractivity contribution is 9.46. The highest BCUT2D eigenvalue weighted by Gasteiger charge is 2.40. The van der Waals surface area contributed by atoms with E-state index in [2.05, 4.69) is 50.2 Å². The summed E-state index contributed by atoms with van der Waals surface area (Å²) in [6.45, 7) is 20.2. The van der Waals surface area contributed by atoms with Crippen LogP contribution in [0.25, 0.3) is 0 Å². The Labute approximate surface area is 313 Å². The maximum absolute atomic E-state index is 6.07. The highest BCUT2D eigenvalue weighted by atomic mass is 33.9. The van der Waals surface area contributed by atoms with Crippen molar-refractivity contribution in [2.24, 2.45) is 0 Å². The average Bonchev–Trinajstić information content (AvgIpc) is 3.03. The molecule has 15 heteroatoms. The molecule has 2 rings (SSSR count). The molecule has 268 valence electrons. The molecule has 6 nitrogen and oxygen atoms in total. The Kier molecular flexibility index (Phi) is 24.4. The third-order valence-electron chi connectivity index (χ3n) is 6.98. The van der Waals surface area contributed by atoms with Crippen LogP contribution in [-0.4, -0.2) is 57.3 Å². The summed E-state index contributed by atoms with van der Waals surface area (Å²) >= 11 is 0. The maximum atomic E-state index is 6.07. The molecule has 47 heavy (non-hydrogen) atoms. The van der Waals surface area contributed by atoms with Crippen molar-refractivity contribution < 1.29 is 26.6 Å².